The normalized spacial score (nSPS) is 10.7. The summed E-state index contributed by atoms with van der Waals surface area (Å²) in [5.41, 5.74) is 7.77. The van der Waals surface area contributed by atoms with Gasteiger partial charge in [0, 0.05) is 32.3 Å². The number of ether oxygens (including phenoxy) is 2. The summed E-state index contributed by atoms with van der Waals surface area (Å²) in [5.74, 6) is 0.781. The summed E-state index contributed by atoms with van der Waals surface area (Å²) in [6.45, 7) is 2.50. The Balaban J connectivity index is 2.50. The molecule has 1 aromatic rings. The molecule has 0 radical (unpaired) electrons. The Morgan fingerprint density at radius 1 is 1.38 bits per heavy atom. The molecule has 21 heavy (non-hydrogen) atoms. The third kappa shape index (κ3) is 6.12. The van der Waals surface area contributed by atoms with Crippen molar-refractivity contribution < 1.29 is 14.3 Å². The highest BCUT2D eigenvalue weighted by atomic mass is 16.5. The molecule has 0 aliphatic heterocycles. The zero-order valence-corrected chi connectivity index (χ0v) is 13.0. The van der Waals surface area contributed by atoms with Crippen LogP contribution in [-0.2, 0) is 22.6 Å². The summed E-state index contributed by atoms with van der Waals surface area (Å²) in [7, 11) is 5.14. The van der Waals surface area contributed by atoms with Crippen LogP contribution >= 0.6 is 0 Å². The number of rotatable bonds is 9. The number of methoxy groups -OCH3 is 2. The van der Waals surface area contributed by atoms with Gasteiger partial charge in [-0.3, -0.25) is 9.69 Å². The summed E-state index contributed by atoms with van der Waals surface area (Å²) in [5, 5.41) is 2.80. The van der Waals surface area contributed by atoms with Crippen molar-refractivity contribution in [2.24, 2.45) is 5.73 Å². The maximum atomic E-state index is 11.7. The van der Waals surface area contributed by atoms with E-state index < -0.39 is 0 Å². The minimum Gasteiger partial charge on any atom is -0.496 e. The number of nitrogens with zero attached hydrogens (tertiary/aromatic N) is 1. The molecule has 6 heteroatoms. The van der Waals surface area contributed by atoms with Crippen LogP contribution < -0.4 is 15.8 Å². The number of carbonyl (C=O) groups is 1. The minimum absolute atomic E-state index is 0.0119. The first-order valence-electron chi connectivity index (χ1n) is 6.90. The van der Waals surface area contributed by atoms with Gasteiger partial charge in [-0.25, -0.2) is 0 Å². The van der Waals surface area contributed by atoms with Gasteiger partial charge in [-0.2, -0.15) is 0 Å². The van der Waals surface area contributed by atoms with Crippen LogP contribution in [0.3, 0.4) is 0 Å². The molecule has 118 valence electrons. The smallest absolute Gasteiger partial charge is 0.234 e. The minimum atomic E-state index is -0.0119. The fourth-order valence-corrected chi connectivity index (χ4v) is 2.05. The van der Waals surface area contributed by atoms with Crippen LogP contribution in [-0.4, -0.2) is 51.8 Å². The molecule has 1 amide bonds. The monoisotopic (exact) mass is 295 g/mol. The number of nitrogens with two attached hydrogens (primary N) is 1. The van der Waals surface area contributed by atoms with Gasteiger partial charge in [-0.15, -0.1) is 0 Å². The number of likely N-dealkylation sites (N-methyl/N-ethyl adjacent to an activating group) is 1. The molecule has 0 atom stereocenters. The van der Waals surface area contributed by atoms with Crippen molar-refractivity contribution in [2.45, 2.75) is 13.1 Å². The molecule has 0 heterocycles. The predicted octanol–water partition coefficient (Wildman–Crippen LogP) is 0.348. The van der Waals surface area contributed by atoms with Gasteiger partial charge in [0.05, 0.1) is 20.3 Å². The van der Waals surface area contributed by atoms with Gasteiger partial charge in [0.2, 0.25) is 5.91 Å². The van der Waals surface area contributed by atoms with Crippen LogP contribution in [0.15, 0.2) is 18.2 Å². The Hall–Kier alpha value is -1.63. The van der Waals surface area contributed by atoms with Gasteiger partial charge in [0.15, 0.2) is 0 Å². The van der Waals surface area contributed by atoms with Crippen molar-refractivity contribution in [2.75, 3.05) is 41.0 Å². The largest absolute Gasteiger partial charge is 0.496 e. The van der Waals surface area contributed by atoms with Crippen LogP contribution in [0.25, 0.3) is 0 Å². The second-order valence-electron chi connectivity index (χ2n) is 4.87. The summed E-state index contributed by atoms with van der Waals surface area (Å²) in [6.07, 6.45) is 0. The first-order valence-corrected chi connectivity index (χ1v) is 6.90. The lowest BCUT2D eigenvalue weighted by molar-refractivity contribution is -0.122. The Morgan fingerprint density at radius 2 is 2.14 bits per heavy atom. The van der Waals surface area contributed by atoms with Crippen LogP contribution in [0, 0.1) is 0 Å². The molecule has 0 unspecified atom stereocenters. The molecule has 1 aromatic carbocycles. The molecule has 1 rings (SSSR count). The number of benzene rings is 1. The zero-order chi connectivity index (χ0) is 15.7. The fraction of sp³-hybridized carbons (Fsp3) is 0.533. The third-order valence-corrected chi connectivity index (χ3v) is 3.06. The lowest BCUT2D eigenvalue weighted by Crippen LogP contribution is -2.36. The SMILES string of the molecule is COCCNC(=O)CN(C)Cc1ccc(OC)c(CN)c1. The zero-order valence-electron chi connectivity index (χ0n) is 13.0. The summed E-state index contributed by atoms with van der Waals surface area (Å²) in [6, 6.07) is 5.90. The Labute approximate surface area is 126 Å². The van der Waals surface area contributed by atoms with Crippen LogP contribution in [0.5, 0.6) is 5.75 Å². The maximum Gasteiger partial charge on any atom is 0.234 e. The van der Waals surface area contributed by atoms with Crippen molar-refractivity contribution in [3.05, 3.63) is 29.3 Å². The van der Waals surface area contributed by atoms with E-state index >= 15 is 0 Å². The highest BCUT2D eigenvalue weighted by Crippen LogP contribution is 2.19. The van der Waals surface area contributed by atoms with E-state index in [0.29, 0.717) is 32.8 Å². The number of nitrogens with one attached hydrogen (secondary N) is 1. The first-order chi connectivity index (χ1) is 10.1. The molecule has 0 aliphatic carbocycles. The Morgan fingerprint density at radius 3 is 2.76 bits per heavy atom. The summed E-state index contributed by atoms with van der Waals surface area (Å²) < 4.78 is 10.1. The van der Waals surface area contributed by atoms with E-state index in [1.54, 1.807) is 14.2 Å². The van der Waals surface area contributed by atoms with E-state index in [-0.39, 0.29) is 5.91 Å². The Kier molecular flexibility index (Phi) is 7.74. The number of amides is 1. The maximum absolute atomic E-state index is 11.7. The van der Waals surface area contributed by atoms with Crippen LogP contribution in [0.2, 0.25) is 0 Å². The molecule has 0 spiro atoms. The van der Waals surface area contributed by atoms with Gasteiger partial charge in [0.25, 0.3) is 0 Å². The van der Waals surface area contributed by atoms with Crippen molar-refractivity contribution in [3.63, 3.8) is 0 Å². The predicted molar refractivity (Wildman–Crippen MR) is 82.1 cm³/mol. The van der Waals surface area contributed by atoms with E-state index in [9.17, 15) is 4.79 Å². The van der Waals surface area contributed by atoms with Gasteiger partial charge in [0.1, 0.15) is 5.75 Å². The van der Waals surface area contributed by atoms with Gasteiger partial charge >= 0.3 is 0 Å². The molecule has 6 nitrogen and oxygen atoms in total. The highest BCUT2D eigenvalue weighted by molar-refractivity contribution is 5.77. The van der Waals surface area contributed by atoms with Gasteiger partial charge in [-0.1, -0.05) is 6.07 Å². The lowest BCUT2D eigenvalue weighted by atomic mass is 10.1. The van der Waals surface area contributed by atoms with E-state index in [1.807, 2.05) is 30.1 Å². The first kappa shape index (κ1) is 17.4. The molecular formula is C15H25N3O3. The van der Waals surface area contributed by atoms with Crippen LogP contribution in [0.4, 0.5) is 0 Å². The Bertz CT molecular complexity index is 452. The molecule has 0 aromatic heterocycles. The number of carbonyl (C=O) groups excluding carboxylic acids is 1. The fourth-order valence-electron chi connectivity index (χ4n) is 2.05. The highest BCUT2D eigenvalue weighted by Gasteiger charge is 2.08. The topological polar surface area (TPSA) is 76.8 Å². The lowest BCUT2D eigenvalue weighted by Gasteiger charge is -2.17. The average molecular weight is 295 g/mol. The second-order valence-corrected chi connectivity index (χ2v) is 4.87. The molecule has 0 saturated carbocycles. The summed E-state index contributed by atoms with van der Waals surface area (Å²) >= 11 is 0. The number of hydrogen-bond acceptors (Lipinski definition) is 5. The van der Waals surface area contributed by atoms with Crippen molar-refractivity contribution in [1.29, 1.82) is 0 Å². The molecular weight excluding hydrogens is 270 g/mol. The third-order valence-electron chi connectivity index (χ3n) is 3.06. The molecule has 0 aliphatic rings. The quantitative estimate of drug-likeness (QED) is 0.643. The van der Waals surface area contributed by atoms with E-state index in [1.165, 1.54) is 0 Å². The van der Waals surface area contributed by atoms with Crippen molar-refractivity contribution in [3.8, 4) is 5.75 Å². The van der Waals surface area contributed by atoms with Crippen molar-refractivity contribution >= 4 is 5.91 Å². The van der Waals surface area contributed by atoms with Crippen LogP contribution in [0.1, 0.15) is 11.1 Å². The van der Waals surface area contributed by atoms with E-state index in [0.717, 1.165) is 16.9 Å². The van der Waals surface area contributed by atoms with E-state index in [4.69, 9.17) is 15.2 Å². The molecule has 0 fully saturated rings. The number of hydrogen-bond donors (Lipinski definition) is 2. The average Bonchev–Trinajstić information content (AvgIpc) is 2.47. The molecule has 0 bridgehead atoms. The second kappa shape index (κ2) is 9.33. The van der Waals surface area contributed by atoms with Crippen molar-refractivity contribution in [1.82, 2.24) is 10.2 Å². The molecule has 0 saturated heterocycles. The van der Waals surface area contributed by atoms with Gasteiger partial charge < -0.3 is 20.5 Å². The standard InChI is InChI=1S/C15H25N3O3/c1-18(11-15(19)17-6-7-20-2)10-12-4-5-14(21-3)13(8-12)9-16/h4-5,8H,6-7,9-11,16H2,1-3H3,(H,17,19). The van der Waals surface area contributed by atoms with E-state index in [2.05, 4.69) is 5.32 Å². The van der Waals surface area contributed by atoms with Gasteiger partial charge in [-0.05, 0) is 24.7 Å². The molecule has 3 N–H and O–H groups in total. The summed E-state index contributed by atoms with van der Waals surface area (Å²) in [4.78, 5) is 13.6.